The second kappa shape index (κ2) is 6.15. The van der Waals surface area contributed by atoms with E-state index in [1.54, 1.807) is 0 Å². The van der Waals surface area contributed by atoms with Gasteiger partial charge in [-0.25, -0.2) is 4.68 Å². The fourth-order valence-corrected chi connectivity index (χ4v) is 4.54. The summed E-state index contributed by atoms with van der Waals surface area (Å²) >= 11 is 0. The number of rotatable bonds is 2. The molecule has 2 aliphatic heterocycles. The molecule has 1 unspecified atom stereocenters. The highest BCUT2D eigenvalue weighted by atomic mass is 15.4. The highest BCUT2D eigenvalue weighted by Crippen LogP contribution is 2.41. The monoisotopic (exact) mass is 358 g/mol. The first-order chi connectivity index (χ1) is 13.1. The van der Waals surface area contributed by atoms with E-state index < -0.39 is 0 Å². The molecule has 5 rings (SSSR count). The van der Waals surface area contributed by atoms with Crippen LogP contribution in [0.4, 0.5) is 11.4 Å². The minimum Gasteiger partial charge on any atom is -0.372 e. The third-order valence-corrected chi connectivity index (χ3v) is 5.82. The summed E-state index contributed by atoms with van der Waals surface area (Å²) in [7, 11) is 0. The van der Waals surface area contributed by atoms with Crippen molar-refractivity contribution in [1.29, 1.82) is 0 Å². The van der Waals surface area contributed by atoms with Crippen molar-refractivity contribution in [2.45, 2.75) is 39.8 Å². The van der Waals surface area contributed by atoms with Gasteiger partial charge in [-0.3, -0.25) is 0 Å². The van der Waals surface area contributed by atoms with Crippen molar-refractivity contribution in [1.82, 2.24) is 9.78 Å². The maximum atomic E-state index is 4.81. The molecule has 2 aliphatic rings. The number of fused-ring (bicyclic) bond motifs is 3. The molecule has 0 amide bonds. The van der Waals surface area contributed by atoms with Gasteiger partial charge in [0.15, 0.2) is 0 Å². The van der Waals surface area contributed by atoms with E-state index in [1.165, 1.54) is 65.3 Å². The minimum atomic E-state index is 0.0234. The van der Waals surface area contributed by atoms with Gasteiger partial charge in [-0.15, -0.1) is 0 Å². The average molecular weight is 358 g/mol. The molecule has 4 nitrogen and oxygen atoms in total. The predicted octanol–water partition coefficient (Wildman–Crippen LogP) is 5.05. The molecule has 0 aliphatic carbocycles. The molecule has 1 atom stereocenters. The summed E-state index contributed by atoms with van der Waals surface area (Å²) in [6, 6.07) is 15.7. The molecule has 0 bridgehead atoms. The van der Waals surface area contributed by atoms with Gasteiger partial charge in [0, 0.05) is 30.0 Å². The molecule has 2 aromatic carbocycles. The molecular formula is C23H26N4. The molecule has 0 radical (unpaired) electrons. The van der Waals surface area contributed by atoms with E-state index in [0.29, 0.717) is 0 Å². The Hall–Kier alpha value is -2.75. The molecule has 3 aromatic rings. The lowest BCUT2D eigenvalue weighted by Gasteiger charge is -2.31. The zero-order valence-electron chi connectivity index (χ0n) is 16.3. The fraction of sp³-hybridized carbons (Fsp3) is 0.348. The van der Waals surface area contributed by atoms with Gasteiger partial charge in [-0.05, 0) is 69.0 Å². The Bertz CT molecular complexity index is 994. The van der Waals surface area contributed by atoms with Crippen molar-refractivity contribution in [2.24, 2.45) is 0 Å². The second-order valence-electron chi connectivity index (χ2n) is 7.95. The summed E-state index contributed by atoms with van der Waals surface area (Å²) in [4.78, 5) is 2.48. The number of benzene rings is 2. The molecule has 3 heterocycles. The number of anilines is 2. The fourth-order valence-electron chi connectivity index (χ4n) is 4.54. The Labute approximate surface area is 160 Å². The Kier molecular flexibility index (Phi) is 3.74. The van der Waals surface area contributed by atoms with Crippen LogP contribution in [0.5, 0.6) is 0 Å². The normalized spacial score (nSPS) is 18.2. The van der Waals surface area contributed by atoms with E-state index in [2.05, 4.69) is 78.1 Å². The predicted molar refractivity (Wildman–Crippen MR) is 112 cm³/mol. The summed E-state index contributed by atoms with van der Waals surface area (Å²) in [5.74, 6) is 0. The molecule has 138 valence electrons. The summed E-state index contributed by atoms with van der Waals surface area (Å²) in [5, 5.41) is 8.57. The maximum absolute atomic E-state index is 4.81. The zero-order chi connectivity index (χ0) is 18.5. The molecule has 0 saturated carbocycles. The third-order valence-electron chi connectivity index (χ3n) is 5.82. The third kappa shape index (κ3) is 2.71. The van der Waals surface area contributed by atoms with Gasteiger partial charge in [-0.1, -0.05) is 23.8 Å². The Morgan fingerprint density at radius 3 is 2.44 bits per heavy atom. The van der Waals surface area contributed by atoms with Gasteiger partial charge >= 0.3 is 0 Å². The van der Waals surface area contributed by atoms with E-state index in [1.807, 2.05) is 0 Å². The van der Waals surface area contributed by atoms with E-state index in [0.717, 1.165) is 5.69 Å². The summed E-state index contributed by atoms with van der Waals surface area (Å²) < 4.78 is 2.14. The first-order valence-corrected chi connectivity index (χ1v) is 9.89. The van der Waals surface area contributed by atoms with Crippen molar-refractivity contribution in [3.05, 3.63) is 64.8 Å². The van der Waals surface area contributed by atoms with E-state index in [9.17, 15) is 0 Å². The average Bonchev–Trinajstić information content (AvgIpc) is 3.31. The number of aryl methyl sites for hydroxylation is 3. The summed E-state index contributed by atoms with van der Waals surface area (Å²) in [6.07, 6.45) is 2.63. The number of nitrogens with zero attached hydrogens (tertiary/aromatic N) is 3. The van der Waals surface area contributed by atoms with Gasteiger partial charge in [0.2, 0.25) is 0 Å². The van der Waals surface area contributed by atoms with E-state index >= 15 is 0 Å². The summed E-state index contributed by atoms with van der Waals surface area (Å²) in [6.45, 7) is 8.77. The lowest BCUT2D eigenvalue weighted by molar-refractivity contribution is 0.570. The van der Waals surface area contributed by atoms with Crippen LogP contribution in [0.2, 0.25) is 0 Å². The van der Waals surface area contributed by atoms with Crippen LogP contribution in [0.3, 0.4) is 0 Å². The lowest BCUT2D eigenvalue weighted by atomic mass is 9.98. The minimum absolute atomic E-state index is 0.0234. The van der Waals surface area contributed by atoms with Gasteiger partial charge in [0.05, 0.1) is 11.4 Å². The number of hydrogen-bond donors (Lipinski definition) is 1. The van der Waals surface area contributed by atoms with Gasteiger partial charge in [0.1, 0.15) is 6.17 Å². The molecule has 1 fully saturated rings. The molecule has 1 N–H and O–H groups in total. The zero-order valence-corrected chi connectivity index (χ0v) is 16.3. The van der Waals surface area contributed by atoms with Crippen LogP contribution in [0.25, 0.3) is 11.3 Å². The van der Waals surface area contributed by atoms with Crippen molar-refractivity contribution >= 4 is 11.4 Å². The first-order valence-electron chi connectivity index (χ1n) is 9.89. The quantitative estimate of drug-likeness (QED) is 0.696. The van der Waals surface area contributed by atoms with Crippen LogP contribution in [0.1, 0.15) is 41.4 Å². The maximum Gasteiger partial charge on any atom is 0.147 e. The molecule has 1 aromatic heterocycles. The molecule has 27 heavy (non-hydrogen) atoms. The lowest BCUT2D eigenvalue weighted by Crippen LogP contribution is -2.26. The van der Waals surface area contributed by atoms with Gasteiger partial charge in [-0.2, -0.15) is 5.10 Å². The van der Waals surface area contributed by atoms with Crippen LogP contribution >= 0.6 is 0 Å². The summed E-state index contributed by atoms with van der Waals surface area (Å²) in [5.41, 5.74) is 9.86. The molecule has 4 heteroatoms. The Morgan fingerprint density at radius 1 is 0.963 bits per heavy atom. The van der Waals surface area contributed by atoms with Gasteiger partial charge < -0.3 is 10.2 Å². The van der Waals surface area contributed by atoms with Crippen LogP contribution in [-0.2, 0) is 0 Å². The van der Waals surface area contributed by atoms with Gasteiger partial charge in [0.25, 0.3) is 0 Å². The molecule has 1 saturated heterocycles. The molecule has 0 spiro atoms. The van der Waals surface area contributed by atoms with Crippen molar-refractivity contribution in [2.75, 3.05) is 23.3 Å². The largest absolute Gasteiger partial charge is 0.372 e. The smallest absolute Gasteiger partial charge is 0.147 e. The van der Waals surface area contributed by atoms with Crippen LogP contribution in [0.15, 0.2) is 42.5 Å². The van der Waals surface area contributed by atoms with E-state index in [4.69, 9.17) is 5.10 Å². The standard InChI is InChI=1S/C23H26N4/c1-15-12-16(2)22-20(13-15)21-14-17(3)25-27(21)23(24-22)18-6-8-19(9-7-18)26-10-4-5-11-26/h6-9,12-14,23-24H,4-5,10-11H2,1-3H3. The number of aromatic nitrogens is 2. The second-order valence-corrected chi connectivity index (χ2v) is 7.95. The first kappa shape index (κ1) is 16.4. The van der Waals surface area contributed by atoms with Crippen LogP contribution < -0.4 is 10.2 Å². The Balaban J connectivity index is 1.57. The highest BCUT2D eigenvalue weighted by Gasteiger charge is 2.27. The SMILES string of the molecule is Cc1cc(C)c2c(c1)-c1cc(C)nn1C(c1ccc(N3CCCC3)cc1)N2. The molecular weight excluding hydrogens is 332 g/mol. The number of nitrogens with one attached hydrogen (secondary N) is 1. The van der Waals surface area contributed by atoms with Crippen molar-refractivity contribution in [3.8, 4) is 11.3 Å². The van der Waals surface area contributed by atoms with Crippen LogP contribution in [0, 0.1) is 20.8 Å². The van der Waals surface area contributed by atoms with Crippen molar-refractivity contribution in [3.63, 3.8) is 0 Å². The van der Waals surface area contributed by atoms with E-state index in [-0.39, 0.29) is 6.17 Å². The number of hydrogen-bond acceptors (Lipinski definition) is 3. The van der Waals surface area contributed by atoms with Crippen LogP contribution in [-0.4, -0.2) is 22.9 Å². The topological polar surface area (TPSA) is 33.1 Å². The van der Waals surface area contributed by atoms with Crippen molar-refractivity contribution < 1.29 is 0 Å². The Morgan fingerprint density at radius 2 is 1.70 bits per heavy atom. The highest BCUT2D eigenvalue weighted by molar-refractivity contribution is 5.82.